The molecule has 0 bridgehead atoms. The molecule has 2 aliphatic rings. The van der Waals surface area contributed by atoms with Gasteiger partial charge in [-0.25, -0.2) is 11.1 Å². The van der Waals surface area contributed by atoms with Gasteiger partial charge in [0.25, 0.3) is 0 Å². The molecule has 2 unspecified atom stereocenters. The first-order chi connectivity index (χ1) is 18.9. The fourth-order valence-electron chi connectivity index (χ4n) is 4.52. The van der Waals surface area contributed by atoms with Crippen molar-refractivity contribution in [3.63, 3.8) is 0 Å². The summed E-state index contributed by atoms with van der Waals surface area (Å²) in [4.78, 5) is 4.88. The van der Waals surface area contributed by atoms with Crippen molar-refractivity contribution in [1.82, 2.24) is 9.80 Å². The van der Waals surface area contributed by atoms with Gasteiger partial charge in [-0.2, -0.15) is 22.3 Å². The molecule has 0 aromatic heterocycles. The Morgan fingerprint density at radius 2 is 0.750 bits per heavy atom. The summed E-state index contributed by atoms with van der Waals surface area (Å²) in [5, 5.41) is 0. The fourth-order valence-corrected chi connectivity index (χ4v) is 4.52. The van der Waals surface area contributed by atoms with Crippen molar-refractivity contribution in [3.8, 4) is 0 Å². The average Bonchev–Trinajstić information content (AvgIpc) is 3.31. The maximum Gasteiger partial charge on any atom is 3.00 e. The zero-order chi connectivity index (χ0) is 31.1. The van der Waals surface area contributed by atoms with Crippen LogP contribution < -0.4 is 24.8 Å². The van der Waals surface area contributed by atoms with Crippen LogP contribution in [0.25, 0.3) is 0 Å². The summed E-state index contributed by atoms with van der Waals surface area (Å²) >= 11 is 0. The molecule has 2 rings (SSSR count). The van der Waals surface area contributed by atoms with Gasteiger partial charge in [-0.3, -0.25) is 12.2 Å². The van der Waals surface area contributed by atoms with E-state index in [0.29, 0.717) is 11.8 Å². The summed E-state index contributed by atoms with van der Waals surface area (Å²) in [7, 11) is 0. The van der Waals surface area contributed by atoms with E-state index in [0.717, 1.165) is 13.1 Å². The quantitative estimate of drug-likeness (QED) is 0.186. The van der Waals surface area contributed by atoms with Gasteiger partial charge in [-0.1, -0.05) is 107 Å². The number of unbranched alkanes of at least 4 members (excludes halogenated alkanes) is 4. The number of hydrogen-bond acceptors (Lipinski definition) is 2. The predicted molar refractivity (Wildman–Crippen MR) is 183 cm³/mol. The van der Waals surface area contributed by atoms with Gasteiger partial charge in [0.05, 0.1) is 0 Å². The molecule has 0 amide bonds. The van der Waals surface area contributed by atoms with Crippen molar-refractivity contribution in [3.05, 3.63) is 59.4 Å². The average molecular weight is 722 g/mol. The smallest absolute Gasteiger partial charge is 1.00 e. The normalized spacial score (nSPS) is 16.5. The largest absolute Gasteiger partial charge is 3.00 e. The van der Waals surface area contributed by atoms with Gasteiger partial charge in [0.1, 0.15) is 0 Å². The number of rotatable bonds is 14. The Balaban J connectivity index is -0.000000106. The third-order valence-electron chi connectivity index (χ3n) is 8.42. The minimum atomic E-state index is 0. The van der Waals surface area contributed by atoms with Crippen LogP contribution in [0.2, 0.25) is 0 Å². The molecule has 0 N–H and O–H groups in total. The predicted octanol–water partition coefficient (Wildman–Crippen LogP) is 4.89. The Bertz CT molecular complexity index is 695. The van der Waals surface area contributed by atoms with E-state index in [2.05, 4.69) is 119 Å². The van der Waals surface area contributed by atoms with Crippen LogP contribution in [-0.4, -0.2) is 49.1 Å². The second kappa shape index (κ2) is 36.7. The van der Waals surface area contributed by atoms with Crippen LogP contribution in [0.4, 0.5) is 0 Å². The second-order valence-corrected chi connectivity index (χ2v) is 11.7. The third-order valence-corrected chi connectivity index (χ3v) is 8.42. The van der Waals surface area contributed by atoms with Gasteiger partial charge in [0.15, 0.2) is 0 Å². The Morgan fingerprint density at radius 3 is 0.841 bits per heavy atom. The van der Waals surface area contributed by atoms with E-state index in [1.165, 1.54) is 111 Å². The van der Waals surface area contributed by atoms with Crippen LogP contribution in [0.15, 0.2) is 33.4 Å². The van der Waals surface area contributed by atoms with Crippen LogP contribution in [0.3, 0.4) is 0 Å². The summed E-state index contributed by atoms with van der Waals surface area (Å²) in [5.74, 6) is 1.12. The molecule has 0 aliphatic heterocycles. The Morgan fingerprint density at radius 1 is 0.523 bits per heavy atom. The maximum atomic E-state index is 3.92. The molecule has 0 aromatic rings. The molecule has 2 radical (unpaired) electrons. The fraction of sp³-hybridized carbons (Fsp3) is 0.737. The van der Waals surface area contributed by atoms with E-state index >= 15 is 0 Å². The monoisotopic (exact) mass is 720 g/mol. The molecular formula is C38H70Cl2N2Ti2. The van der Waals surface area contributed by atoms with E-state index in [4.69, 9.17) is 0 Å². The molecule has 0 saturated heterocycles. The van der Waals surface area contributed by atoms with E-state index < -0.39 is 0 Å². The van der Waals surface area contributed by atoms with Crippen LogP contribution >= 0.6 is 0 Å². The van der Waals surface area contributed by atoms with E-state index in [9.17, 15) is 0 Å². The van der Waals surface area contributed by atoms with Crippen molar-refractivity contribution in [2.24, 2.45) is 11.8 Å². The summed E-state index contributed by atoms with van der Waals surface area (Å²) in [6, 6.07) is 0. The Kier molecular flexibility index (Phi) is 47.7. The molecule has 254 valence electrons. The molecule has 2 aliphatic carbocycles. The zero-order valence-electron chi connectivity index (χ0n) is 31.1. The molecule has 0 aromatic carbocycles. The molecule has 0 spiro atoms. The molecule has 0 saturated carbocycles. The first-order valence-corrected chi connectivity index (χ1v) is 16.5. The second-order valence-electron chi connectivity index (χ2n) is 11.7. The first kappa shape index (κ1) is 57.2. The third kappa shape index (κ3) is 26.9. The Labute approximate surface area is 320 Å². The first-order valence-electron chi connectivity index (χ1n) is 16.5. The molecule has 0 heterocycles. The van der Waals surface area contributed by atoms with Gasteiger partial charge in [0.2, 0.25) is 0 Å². The minimum Gasteiger partial charge on any atom is -1.00 e. The van der Waals surface area contributed by atoms with Crippen LogP contribution in [0, 0.1) is 37.8 Å². The van der Waals surface area contributed by atoms with E-state index in [1.54, 1.807) is 0 Å². The van der Waals surface area contributed by atoms with Gasteiger partial charge < -0.3 is 48.5 Å². The van der Waals surface area contributed by atoms with Gasteiger partial charge in [-0.15, -0.1) is 26.9 Å². The summed E-state index contributed by atoms with van der Waals surface area (Å²) in [6.07, 6.45) is 17.2. The topological polar surface area (TPSA) is 6.48 Å². The summed E-state index contributed by atoms with van der Waals surface area (Å²) in [6.45, 7) is 41.0. The van der Waals surface area contributed by atoms with Gasteiger partial charge in [0, 0.05) is 0 Å². The molecule has 2 atom stereocenters. The number of nitrogens with zero attached hydrogens (tertiary/aromatic N) is 2. The Hall–Kier alpha value is 0.889. The number of hydrogen-bond donors (Lipinski definition) is 0. The van der Waals surface area contributed by atoms with Crippen molar-refractivity contribution in [2.45, 2.75) is 134 Å². The number of halogens is 2. The molecule has 6 heteroatoms. The van der Waals surface area contributed by atoms with Gasteiger partial charge in [-0.05, 0) is 51.9 Å². The van der Waals surface area contributed by atoms with Gasteiger partial charge >= 0.3 is 43.4 Å². The van der Waals surface area contributed by atoms with Crippen molar-refractivity contribution in [2.75, 3.05) is 39.3 Å². The molecule has 0 fully saturated rings. The zero-order valence-corrected chi connectivity index (χ0v) is 35.8. The minimum absolute atomic E-state index is 0. The maximum absolute atomic E-state index is 3.92. The van der Waals surface area contributed by atoms with Crippen molar-refractivity contribution < 1.29 is 68.2 Å². The SMILES string of the molecule is CC1=[C-]C(C)C(C)=C1C.CC1=[C-]C(C)C(C)=C1C.[CH2-]CN(CCCC)CCCC.[CH2-]CN(CCCC)CCCC.[Cl-].[Cl-].[Ti+3].[Ti+3]. The molecule has 44 heavy (non-hydrogen) atoms. The van der Waals surface area contributed by atoms with E-state index in [-0.39, 0.29) is 68.2 Å². The van der Waals surface area contributed by atoms with Crippen LogP contribution in [0.1, 0.15) is 134 Å². The summed E-state index contributed by atoms with van der Waals surface area (Å²) in [5.41, 5.74) is 8.49. The van der Waals surface area contributed by atoms with Crippen LogP contribution in [0.5, 0.6) is 0 Å². The van der Waals surface area contributed by atoms with Crippen LogP contribution in [-0.2, 0) is 43.4 Å². The number of allylic oxidation sites excluding steroid dienone is 8. The standard InChI is InChI=1S/2C10H22N.2C9H13.2ClH.2Ti/c2*1-4-7-9-11(6-3)10-8-5-2;2*1-6-5-7(2)9(4)8(6)3;;;;/h2*3-10H2,1-2H3;2*6H,1-4H3;2*1H;;/q4*-1;;;2*+3/p-2. The van der Waals surface area contributed by atoms with Crippen molar-refractivity contribution >= 4 is 0 Å². The van der Waals surface area contributed by atoms with Crippen molar-refractivity contribution in [1.29, 1.82) is 0 Å². The molecule has 2 nitrogen and oxygen atoms in total. The molecular weight excluding hydrogens is 651 g/mol. The summed E-state index contributed by atoms with van der Waals surface area (Å²) < 4.78 is 0. The van der Waals surface area contributed by atoms with E-state index in [1.807, 2.05) is 0 Å².